The van der Waals surface area contributed by atoms with E-state index in [9.17, 15) is 14.4 Å². The number of anilines is 2. The molecule has 0 unspecified atom stereocenters. The summed E-state index contributed by atoms with van der Waals surface area (Å²) in [6, 6.07) is 33.0. The van der Waals surface area contributed by atoms with Crippen LogP contribution in [-0.2, 0) is 0 Å². The van der Waals surface area contributed by atoms with E-state index < -0.39 is 11.5 Å². The maximum Gasteiger partial charge on any atom is 0.341 e. The Morgan fingerprint density at radius 1 is 0.619 bits per heavy atom. The molecule has 208 valence electrons. The molecule has 0 spiro atoms. The number of rotatable bonds is 2. The van der Waals surface area contributed by atoms with Crippen LogP contribution in [0.5, 0.6) is 0 Å². The van der Waals surface area contributed by atoms with E-state index in [-0.39, 0.29) is 11.1 Å². The summed E-state index contributed by atoms with van der Waals surface area (Å²) in [7, 11) is 0. The van der Waals surface area contributed by atoms with Crippen molar-refractivity contribution in [2.45, 2.75) is 0 Å². The third kappa shape index (κ3) is 6.02. The molecular weight excluding hydrogens is 532 g/mol. The monoisotopic (exact) mass is 558 g/mol. The summed E-state index contributed by atoms with van der Waals surface area (Å²) in [4.78, 5) is 47.1. The quantitative estimate of drug-likeness (QED) is 0.158. The van der Waals surface area contributed by atoms with Crippen LogP contribution in [0.25, 0.3) is 44.2 Å². The van der Waals surface area contributed by atoms with Crippen LogP contribution in [0, 0.1) is 0 Å². The van der Waals surface area contributed by atoms with E-state index in [1.54, 1.807) is 36.4 Å². The van der Waals surface area contributed by atoms with Gasteiger partial charge >= 0.3 is 5.97 Å². The number of pyridine rings is 2. The predicted molar refractivity (Wildman–Crippen MR) is 166 cm³/mol. The fourth-order valence-corrected chi connectivity index (χ4v) is 4.22. The molecule has 8 N–H and O–H groups in total. The van der Waals surface area contributed by atoms with Gasteiger partial charge in [-0.15, -0.1) is 0 Å². The van der Waals surface area contributed by atoms with Gasteiger partial charge in [0.2, 0.25) is 0 Å². The van der Waals surface area contributed by atoms with Gasteiger partial charge in [-0.1, -0.05) is 60.7 Å². The first-order chi connectivity index (χ1) is 20.3. The minimum Gasteiger partial charge on any atom is -0.477 e. The van der Waals surface area contributed by atoms with Crippen molar-refractivity contribution in [2.75, 3.05) is 11.5 Å². The van der Waals surface area contributed by atoms with E-state index in [1.807, 2.05) is 66.7 Å². The standard InChI is InChI=1S/C16H11N3O.C10H7NO3.C6H8N2/c20-16-11(9-10-5-1-2-6-12(10)19-16)15-17-13-7-3-4-8-14(13)18-15;12-9-7(10(13)14)5-6-3-1-2-4-8(6)11-9;7-5-3-1-2-4-6(5)8/h1-9H,(H,17,18)(H,19,20);1-5H,(H,11,12)(H,13,14);1-4H,7-8H2. The van der Waals surface area contributed by atoms with Crippen LogP contribution in [0.3, 0.4) is 0 Å². The number of benzene rings is 4. The zero-order valence-electron chi connectivity index (χ0n) is 22.2. The highest BCUT2D eigenvalue weighted by Crippen LogP contribution is 2.20. The van der Waals surface area contributed by atoms with Crippen molar-refractivity contribution in [1.29, 1.82) is 0 Å². The van der Waals surface area contributed by atoms with Crippen LogP contribution >= 0.6 is 0 Å². The zero-order valence-corrected chi connectivity index (χ0v) is 22.2. The zero-order chi connectivity index (χ0) is 29.6. The van der Waals surface area contributed by atoms with E-state index >= 15 is 0 Å². The van der Waals surface area contributed by atoms with Crippen molar-refractivity contribution in [2.24, 2.45) is 0 Å². The maximum absolute atomic E-state index is 12.2. The molecule has 10 heteroatoms. The number of imidazole rings is 1. The van der Waals surface area contributed by atoms with Gasteiger partial charge in [0, 0.05) is 11.0 Å². The number of fused-ring (bicyclic) bond motifs is 3. The lowest BCUT2D eigenvalue weighted by Crippen LogP contribution is -2.16. The lowest BCUT2D eigenvalue weighted by molar-refractivity contribution is 0.0695. The van der Waals surface area contributed by atoms with Crippen molar-refractivity contribution in [3.8, 4) is 11.4 Å². The summed E-state index contributed by atoms with van der Waals surface area (Å²) >= 11 is 0. The summed E-state index contributed by atoms with van der Waals surface area (Å²) in [5, 5.41) is 10.4. The Balaban J connectivity index is 0.000000139. The van der Waals surface area contributed by atoms with Crippen LogP contribution in [-0.4, -0.2) is 31.0 Å². The molecule has 0 bridgehead atoms. The van der Waals surface area contributed by atoms with Gasteiger partial charge in [0.15, 0.2) is 0 Å². The van der Waals surface area contributed by atoms with Crippen molar-refractivity contribution >= 4 is 50.2 Å². The maximum atomic E-state index is 12.2. The Morgan fingerprint density at radius 3 is 1.69 bits per heavy atom. The Labute approximate surface area is 238 Å². The van der Waals surface area contributed by atoms with E-state index in [2.05, 4.69) is 19.9 Å². The molecule has 0 aliphatic carbocycles. The second-order valence-corrected chi connectivity index (χ2v) is 9.24. The normalized spacial score (nSPS) is 10.5. The van der Waals surface area contributed by atoms with Crippen molar-refractivity contribution in [3.05, 3.63) is 135 Å². The molecule has 4 aromatic carbocycles. The van der Waals surface area contributed by atoms with E-state index in [0.29, 0.717) is 33.7 Å². The van der Waals surface area contributed by atoms with Gasteiger partial charge in [-0.25, -0.2) is 9.78 Å². The average molecular weight is 559 g/mol. The number of carbonyl (C=O) groups is 1. The fraction of sp³-hybridized carbons (Fsp3) is 0. The fourth-order valence-electron chi connectivity index (χ4n) is 4.22. The third-order valence-corrected chi connectivity index (χ3v) is 6.38. The van der Waals surface area contributed by atoms with Crippen molar-refractivity contribution in [1.82, 2.24) is 19.9 Å². The number of H-pyrrole nitrogens is 3. The second-order valence-electron chi connectivity index (χ2n) is 9.24. The highest BCUT2D eigenvalue weighted by molar-refractivity contribution is 5.92. The van der Waals surface area contributed by atoms with E-state index in [0.717, 1.165) is 21.9 Å². The minimum absolute atomic E-state index is 0.136. The van der Waals surface area contributed by atoms with Crippen LogP contribution in [0.2, 0.25) is 0 Å². The summed E-state index contributed by atoms with van der Waals surface area (Å²) in [6.45, 7) is 0. The van der Waals surface area contributed by atoms with Gasteiger partial charge in [0.25, 0.3) is 11.1 Å². The van der Waals surface area contributed by atoms with Gasteiger partial charge in [-0.2, -0.15) is 0 Å². The number of aromatic carboxylic acids is 1. The topological polar surface area (TPSA) is 184 Å². The Hall–Kier alpha value is -6.16. The number of para-hydroxylation sites is 6. The number of nitrogens with two attached hydrogens (primary N) is 2. The summed E-state index contributed by atoms with van der Waals surface area (Å²) in [5.74, 6) is -0.616. The van der Waals surface area contributed by atoms with Crippen molar-refractivity contribution in [3.63, 3.8) is 0 Å². The molecule has 0 aliphatic rings. The average Bonchev–Trinajstić information content (AvgIpc) is 3.43. The first-order valence-electron chi connectivity index (χ1n) is 12.8. The SMILES string of the molecule is Nc1ccccc1N.O=C(O)c1cc2ccccc2[nH]c1=O.O=c1[nH]c2ccccc2cc1-c1nc2ccccc2[nH]1. The molecule has 10 nitrogen and oxygen atoms in total. The van der Waals surface area contributed by atoms with Gasteiger partial charge in [0.05, 0.1) is 28.0 Å². The molecule has 0 radical (unpaired) electrons. The highest BCUT2D eigenvalue weighted by Gasteiger charge is 2.10. The van der Waals surface area contributed by atoms with Gasteiger partial charge < -0.3 is 31.5 Å². The number of nitrogen functional groups attached to an aromatic ring is 2. The van der Waals surface area contributed by atoms with E-state index in [1.165, 1.54) is 6.07 Å². The molecule has 7 aromatic rings. The van der Waals surface area contributed by atoms with Crippen molar-refractivity contribution < 1.29 is 9.90 Å². The molecular formula is C32H26N6O4. The van der Waals surface area contributed by atoms with Gasteiger partial charge in [-0.05, 0) is 59.3 Å². The summed E-state index contributed by atoms with van der Waals surface area (Å²) in [5.41, 5.74) is 14.9. The molecule has 3 heterocycles. The molecule has 0 saturated heterocycles. The highest BCUT2D eigenvalue weighted by atomic mass is 16.4. The predicted octanol–water partition coefficient (Wildman–Crippen LogP) is 5.15. The first kappa shape index (κ1) is 27.4. The number of hydrogen-bond acceptors (Lipinski definition) is 6. The Bertz CT molecular complexity index is 2110. The van der Waals surface area contributed by atoms with Crippen LogP contribution < -0.4 is 22.6 Å². The van der Waals surface area contributed by atoms with Crippen LogP contribution in [0.1, 0.15) is 10.4 Å². The molecule has 0 fully saturated rings. The largest absolute Gasteiger partial charge is 0.477 e. The first-order valence-corrected chi connectivity index (χ1v) is 12.8. The number of nitrogens with one attached hydrogen (secondary N) is 3. The molecule has 3 aromatic heterocycles. The van der Waals surface area contributed by atoms with Crippen LogP contribution in [0.4, 0.5) is 11.4 Å². The lowest BCUT2D eigenvalue weighted by atomic mass is 10.1. The molecule has 0 saturated carbocycles. The third-order valence-electron chi connectivity index (χ3n) is 6.38. The van der Waals surface area contributed by atoms with Crippen LogP contribution in [0.15, 0.2) is 119 Å². The number of hydrogen-bond donors (Lipinski definition) is 6. The molecule has 0 aliphatic heterocycles. The number of nitrogens with zero attached hydrogens (tertiary/aromatic N) is 1. The Kier molecular flexibility index (Phi) is 7.78. The number of carboxylic acid groups (broad SMARTS) is 1. The smallest absolute Gasteiger partial charge is 0.341 e. The molecule has 0 atom stereocenters. The summed E-state index contributed by atoms with van der Waals surface area (Å²) < 4.78 is 0. The molecule has 0 amide bonds. The molecule has 7 rings (SSSR count). The van der Waals surface area contributed by atoms with Gasteiger partial charge in [0.1, 0.15) is 11.4 Å². The molecule has 42 heavy (non-hydrogen) atoms. The Morgan fingerprint density at radius 2 is 1.12 bits per heavy atom. The second kappa shape index (κ2) is 11.9. The van der Waals surface area contributed by atoms with Gasteiger partial charge in [-0.3, -0.25) is 9.59 Å². The number of aromatic nitrogens is 4. The summed E-state index contributed by atoms with van der Waals surface area (Å²) in [6.07, 6.45) is 0. The number of carboxylic acids is 1. The lowest BCUT2D eigenvalue weighted by Gasteiger charge is -2.00. The van der Waals surface area contributed by atoms with E-state index in [4.69, 9.17) is 16.6 Å². The number of aromatic amines is 3. The minimum atomic E-state index is -1.21.